The maximum Gasteiger partial charge on any atom is 0.169 e. The Bertz CT molecular complexity index is 568. The molecule has 0 amide bonds. The highest BCUT2D eigenvalue weighted by Gasteiger charge is 2.10. The molecule has 2 rings (SSSR count). The molecule has 17 heavy (non-hydrogen) atoms. The van der Waals surface area contributed by atoms with Crippen molar-refractivity contribution in [1.29, 1.82) is 0 Å². The fourth-order valence-electron chi connectivity index (χ4n) is 1.45. The first-order valence-electron chi connectivity index (χ1n) is 5.29. The summed E-state index contributed by atoms with van der Waals surface area (Å²) >= 11 is 3.46. The number of pyridine rings is 1. The van der Waals surface area contributed by atoms with Crippen LogP contribution in [0.5, 0.6) is 5.75 Å². The molecule has 0 fully saturated rings. The Labute approximate surface area is 108 Å². The second-order valence-corrected chi connectivity index (χ2v) is 4.70. The summed E-state index contributed by atoms with van der Waals surface area (Å²) in [5, 5.41) is 0.973. The maximum absolute atomic E-state index is 11.1. The standard InChI is InChI=1S/C13H12BrNO2/c1-8(16)9(2)17-10-3-4-13-11(7-10)12(14)5-6-15-13/h3-7,9H,1-2H3. The Morgan fingerprint density at radius 3 is 2.88 bits per heavy atom. The third-order valence-corrected chi connectivity index (χ3v) is 3.24. The van der Waals surface area contributed by atoms with Crippen molar-refractivity contribution in [2.45, 2.75) is 20.0 Å². The van der Waals surface area contributed by atoms with Gasteiger partial charge in [0, 0.05) is 16.1 Å². The number of hydrogen-bond donors (Lipinski definition) is 0. The van der Waals surface area contributed by atoms with Crippen LogP contribution in [0, 0.1) is 0 Å². The summed E-state index contributed by atoms with van der Waals surface area (Å²) in [6, 6.07) is 7.45. The lowest BCUT2D eigenvalue weighted by Crippen LogP contribution is -2.20. The van der Waals surface area contributed by atoms with Gasteiger partial charge in [0.25, 0.3) is 0 Å². The number of benzene rings is 1. The minimum atomic E-state index is -0.428. The molecule has 0 aliphatic rings. The summed E-state index contributed by atoms with van der Waals surface area (Å²) < 4.78 is 6.50. The van der Waals surface area contributed by atoms with Crippen LogP contribution < -0.4 is 4.74 Å². The molecule has 88 valence electrons. The van der Waals surface area contributed by atoms with Crippen molar-refractivity contribution in [2.75, 3.05) is 0 Å². The van der Waals surface area contributed by atoms with E-state index in [0.29, 0.717) is 5.75 Å². The highest BCUT2D eigenvalue weighted by atomic mass is 79.9. The smallest absolute Gasteiger partial charge is 0.169 e. The molecule has 0 aliphatic heterocycles. The van der Waals surface area contributed by atoms with E-state index in [2.05, 4.69) is 20.9 Å². The monoisotopic (exact) mass is 293 g/mol. The summed E-state index contributed by atoms with van der Waals surface area (Å²) in [6.45, 7) is 3.26. The van der Waals surface area contributed by atoms with Crippen LogP contribution in [0.25, 0.3) is 10.9 Å². The highest BCUT2D eigenvalue weighted by molar-refractivity contribution is 9.10. The molecule has 0 spiro atoms. The van der Waals surface area contributed by atoms with Gasteiger partial charge in [0.1, 0.15) is 5.75 Å². The van der Waals surface area contributed by atoms with Gasteiger partial charge in [-0.2, -0.15) is 0 Å². The summed E-state index contributed by atoms with van der Waals surface area (Å²) in [5.74, 6) is 0.684. The van der Waals surface area contributed by atoms with E-state index in [0.717, 1.165) is 15.4 Å². The van der Waals surface area contributed by atoms with Gasteiger partial charge in [0.2, 0.25) is 0 Å². The molecule has 1 heterocycles. The van der Waals surface area contributed by atoms with Crippen LogP contribution in [0.2, 0.25) is 0 Å². The maximum atomic E-state index is 11.1. The van der Waals surface area contributed by atoms with Crippen LogP contribution in [-0.2, 0) is 4.79 Å². The summed E-state index contributed by atoms with van der Waals surface area (Å²) in [5.41, 5.74) is 0.891. The average molecular weight is 294 g/mol. The quantitative estimate of drug-likeness (QED) is 0.871. The van der Waals surface area contributed by atoms with Gasteiger partial charge >= 0.3 is 0 Å². The number of ether oxygens (including phenoxy) is 1. The van der Waals surface area contributed by atoms with Crippen molar-refractivity contribution in [3.63, 3.8) is 0 Å². The molecule has 0 bridgehead atoms. The van der Waals surface area contributed by atoms with E-state index in [1.165, 1.54) is 6.92 Å². The van der Waals surface area contributed by atoms with Gasteiger partial charge in [-0.05, 0) is 38.1 Å². The van der Waals surface area contributed by atoms with Crippen molar-refractivity contribution < 1.29 is 9.53 Å². The van der Waals surface area contributed by atoms with E-state index in [1.54, 1.807) is 13.1 Å². The van der Waals surface area contributed by atoms with Crippen LogP contribution >= 0.6 is 15.9 Å². The number of carbonyl (C=O) groups excluding carboxylic acids is 1. The normalized spacial score (nSPS) is 12.4. The van der Waals surface area contributed by atoms with Crippen molar-refractivity contribution in [1.82, 2.24) is 4.98 Å². The molecular weight excluding hydrogens is 282 g/mol. The topological polar surface area (TPSA) is 39.2 Å². The Balaban J connectivity index is 2.37. The molecule has 1 unspecified atom stereocenters. The minimum absolute atomic E-state index is 0.00958. The molecule has 2 aromatic rings. The zero-order valence-corrected chi connectivity index (χ0v) is 11.2. The molecular formula is C13H12BrNO2. The predicted octanol–water partition coefficient (Wildman–Crippen LogP) is 3.35. The number of nitrogens with zero attached hydrogens (tertiary/aromatic N) is 1. The fourth-order valence-corrected chi connectivity index (χ4v) is 1.89. The first-order chi connectivity index (χ1) is 8.08. The van der Waals surface area contributed by atoms with Gasteiger partial charge in [-0.3, -0.25) is 9.78 Å². The molecule has 0 saturated carbocycles. The van der Waals surface area contributed by atoms with E-state index in [1.807, 2.05) is 24.3 Å². The summed E-state index contributed by atoms with van der Waals surface area (Å²) in [4.78, 5) is 15.4. The second kappa shape index (κ2) is 4.84. The van der Waals surface area contributed by atoms with Crippen molar-refractivity contribution >= 4 is 32.6 Å². The number of carbonyl (C=O) groups is 1. The lowest BCUT2D eigenvalue weighted by molar-refractivity contribution is -0.122. The molecule has 0 aliphatic carbocycles. The molecule has 1 aromatic heterocycles. The zero-order chi connectivity index (χ0) is 12.4. The summed E-state index contributed by atoms with van der Waals surface area (Å²) in [6.07, 6.45) is 1.31. The second-order valence-electron chi connectivity index (χ2n) is 3.84. The van der Waals surface area contributed by atoms with Crippen LogP contribution in [0.4, 0.5) is 0 Å². The predicted molar refractivity (Wildman–Crippen MR) is 70.2 cm³/mol. The van der Waals surface area contributed by atoms with Gasteiger partial charge in [-0.25, -0.2) is 0 Å². The van der Waals surface area contributed by atoms with E-state index in [9.17, 15) is 4.79 Å². The molecule has 1 atom stereocenters. The molecule has 0 radical (unpaired) electrons. The third-order valence-electron chi connectivity index (χ3n) is 2.55. The van der Waals surface area contributed by atoms with Crippen LogP contribution in [0.3, 0.4) is 0 Å². The van der Waals surface area contributed by atoms with Crippen molar-refractivity contribution in [3.8, 4) is 5.75 Å². The minimum Gasteiger partial charge on any atom is -0.483 e. The number of fused-ring (bicyclic) bond motifs is 1. The Morgan fingerprint density at radius 2 is 2.18 bits per heavy atom. The largest absolute Gasteiger partial charge is 0.483 e. The molecule has 0 N–H and O–H groups in total. The van der Waals surface area contributed by atoms with Gasteiger partial charge in [0.05, 0.1) is 5.52 Å². The first kappa shape index (κ1) is 12.0. The number of ketones is 1. The number of hydrogen-bond acceptors (Lipinski definition) is 3. The Morgan fingerprint density at radius 1 is 1.41 bits per heavy atom. The average Bonchev–Trinajstić information content (AvgIpc) is 2.30. The third kappa shape index (κ3) is 2.64. The van der Waals surface area contributed by atoms with E-state index in [4.69, 9.17) is 4.74 Å². The fraction of sp³-hybridized carbons (Fsp3) is 0.231. The first-order valence-corrected chi connectivity index (χ1v) is 6.08. The van der Waals surface area contributed by atoms with Crippen molar-refractivity contribution in [3.05, 3.63) is 34.9 Å². The van der Waals surface area contributed by atoms with Gasteiger partial charge in [0.15, 0.2) is 11.9 Å². The lowest BCUT2D eigenvalue weighted by Gasteiger charge is -2.12. The number of rotatable bonds is 3. The molecule has 0 saturated heterocycles. The SMILES string of the molecule is CC(=O)C(C)Oc1ccc2nccc(Br)c2c1. The van der Waals surface area contributed by atoms with Gasteiger partial charge in [-0.1, -0.05) is 15.9 Å². The molecule has 1 aromatic carbocycles. The molecule has 4 heteroatoms. The van der Waals surface area contributed by atoms with Gasteiger partial charge < -0.3 is 4.74 Å². The molecule has 3 nitrogen and oxygen atoms in total. The number of Topliss-reactive ketones (excluding diaryl/α,β-unsaturated/α-hetero) is 1. The van der Waals surface area contributed by atoms with E-state index < -0.39 is 6.10 Å². The summed E-state index contributed by atoms with van der Waals surface area (Å²) in [7, 11) is 0. The Kier molecular flexibility index (Phi) is 3.43. The Hall–Kier alpha value is -1.42. The van der Waals surface area contributed by atoms with E-state index >= 15 is 0 Å². The zero-order valence-electron chi connectivity index (χ0n) is 9.61. The van der Waals surface area contributed by atoms with Crippen LogP contribution in [-0.4, -0.2) is 16.9 Å². The van der Waals surface area contributed by atoms with Crippen LogP contribution in [0.15, 0.2) is 34.9 Å². The van der Waals surface area contributed by atoms with E-state index in [-0.39, 0.29) is 5.78 Å². The van der Waals surface area contributed by atoms with Crippen molar-refractivity contribution in [2.24, 2.45) is 0 Å². The number of aromatic nitrogens is 1. The van der Waals surface area contributed by atoms with Crippen LogP contribution in [0.1, 0.15) is 13.8 Å². The lowest BCUT2D eigenvalue weighted by atomic mass is 10.2. The van der Waals surface area contributed by atoms with Gasteiger partial charge in [-0.15, -0.1) is 0 Å². The number of halogens is 1. The highest BCUT2D eigenvalue weighted by Crippen LogP contribution is 2.26.